The van der Waals surface area contributed by atoms with E-state index in [1.807, 2.05) is 17.9 Å². The molecule has 3 atom stereocenters. The number of hydrogen-bond acceptors (Lipinski definition) is 5. The maximum atomic E-state index is 11.6. The van der Waals surface area contributed by atoms with Crippen LogP contribution in [0.3, 0.4) is 0 Å². The fourth-order valence-corrected chi connectivity index (χ4v) is 4.24. The second-order valence-corrected chi connectivity index (χ2v) is 7.48. The van der Waals surface area contributed by atoms with Gasteiger partial charge in [-0.15, -0.1) is 0 Å². The Labute approximate surface area is 144 Å². The molecule has 0 unspecified atom stereocenters. The van der Waals surface area contributed by atoms with Gasteiger partial charge in [-0.1, -0.05) is 0 Å². The lowest BCUT2D eigenvalue weighted by atomic mass is 9.85. The Kier molecular flexibility index (Phi) is 5.56. The first-order chi connectivity index (χ1) is 11.5. The van der Waals surface area contributed by atoms with Gasteiger partial charge in [0.15, 0.2) is 0 Å². The van der Waals surface area contributed by atoms with E-state index in [1.54, 1.807) is 0 Å². The molecule has 2 fully saturated rings. The fraction of sp³-hybridized carbons (Fsp3) is 0.778. The first-order valence-corrected chi connectivity index (χ1v) is 9.08. The van der Waals surface area contributed by atoms with Crippen molar-refractivity contribution in [1.29, 1.82) is 0 Å². The zero-order valence-electron chi connectivity index (χ0n) is 15.1. The zero-order chi connectivity index (χ0) is 17.1. The van der Waals surface area contributed by atoms with Gasteiger partial charge in [0.1, 0.15) is 0 Å². The third-order valence-corrected chi connectivity index (χ3v) is 5.52. The number of aryl methyl sites for hydroxylation is 1. The van der Waals surface area contributed by atoms with Gasteiger partial charge in [-0.2, -0.15) is 5.10 Å². The molecule has 2 aliphatic heterocycles. The summed E-state index contributed by atoms with van der Waals surface area (Å²) in [6.07, 6.45) is 8.45. The third-order valence-electron chi connectivity index (χ3n) is 5.52. The number of esters is 1. The van der Waals surface area contributed by atoms with Crippen molar-refractivity contribution in [2.45, 2.75) is 31.7 Å². The second kappa shape index (κ2) is 7.66. The van der Waals surface area contributed by atoms with Crippen molar-refractivity contribution in [2.24, 2.45) is 18.9 Å². The number of nitrogens with zero attached hydrogens (tertiary/aromatic N) is 4. The predicted octanol–water partition coefficient (Wildman–Crippen LogP) is 1.69. The van der Waals surface area contributed by atoms with Gasteiger partial charge in [-0.3, -0.25) is 14.4 Å². The van der Waals surface area contributed by atoms with Crippen LogP contribution in [0.1, 0.15) is 37.3 Å². The first kappa shape index (κ1) is 17.4. The highest BCUT2D eigenvalue weighted by atomic mass is 16.5. The molecule has 134 valence electrons. The molecule has 0 aliphatic carbocycles. The van der Waals surface area contributed by atoms with E-state index in [0.717, 1.165) is 32.5 Å². The molecule has 1 aromatic rings. The van der Waals surface area contributed by atoms with E-state index >= 15 is 0 Å². The van der Waals surface area contributed by atoms with Crippen molar-refractivity contribution < 1.29 is 9.53 Å². The number of cyclic esters (lactones) is 1. The molecule has 0 radical (unpaired) electrons. The highest BCUT2D eigenvalue weighted by molar-refractivity contribution is 5.74. The minimum absolute atomic E-state index is 0.00552. The molecule has 0 saturated carbocycles. The number of rotatable bonds is 6. The molecule has 1 aromatic heterocycles. The number of ether oxygens (including phenoxy) is 1. The SMILES string of the molecule is CN(CC[C@@H]1CCOC1=O)C[C@@H]1CCCN(C)[C@H]1c1cnn(C)c1. The van der Waals surface area contributed by atoms with Crippen molar-refractivity contribution in [2.75, 3.05) is 40.3 Å². The number of likely N-dealkylation sites (tertiary alicyclic amines) is 1. The highest BCUT2D eigenvalue weighted by Gasteiger charge is 2.32. The smallest absolute Gasteiger partial charge is 0.309 e. The standard InChI is InChI=1S/C18H30N4O2/c1-20(9-6-14-7-10-24-18(14)23)12-15-5-4-8-21(2)17(15)16-11-19-22(3)13-16/h11,13-15,17H,4-10,12H2,1-3H3/t14-,15+,17-/m1/s1. The van der Waals surface area contributed by atoms with Crippen molar-refractivity contribution in [3.8, 4) is 0 Å². The van der Waals surface area contributed by atoms with Gasteiger partial charge in [0.2, 0.25) is 0 Å². The molecule has 2 aliphatic rings. The van der Waals surface area contributed by atoms with Crippen LogP contribution in [-0.4, -0.2) is 65.9 Å². The number of carbonyl (C=O) groups excluding carboxylic acids is 1. The Morgan fingerprint density at radius 1 is 1.38 bits per heavy atom. The van der Waals surface area contributed by atoms with Gasteiger partial charge in [0.25, 0.3) is 0 Å². The molecule has 0 aromatic carbocycles. The Morgan fingerprint density at radius 2 is 2.21 bits per heavy atom. The van der Waals surface area contributed by atoms with Crippen LogP contribution in [0.2, 0.25) is 0 Å². The van der Waals surface area contributed by atoms with E-state index in [4.69, 9.17) is 4.74 Å². The van der Waals surface area contributed by atoms with Crippen LogP contribution in [0.15, 0.2) is 12.4 Å². The quantitative estimate of drug-likeness (QED) is 0.741. The van der Waals surface area contributed by atoms with Crippen LogP contribution in [0.25, 0.3) is 0 Å². The maximum absolute atomic E-state index is 11.6. The Hall–Kier alpha value is -1.40. The van der Waals surface area contributed by atoms with Crippen molar-refractivity contribution in [3.63, 3.8) is 0 Å². The molecule has 0 bridgehead atoms. The molecule has 3 rings (SSSR count). The summed E-state index contributed by atoms with van der Waals surface area (Å²) >= 11 is 0. The van der Waals surface area contributed by atoms with Crippen molar-refractivity contribution >= 4 is 5.97 Å². The Balaban J connectivity index is 1.57. The van der Waals surface area contributed by atoms with Crippen LogP contribution >= 0.6 is 0 Å². The number of aromatic nitrogens is 2. The van der Waals surface area contributed by atoms with E-state index in [9.17, 15) is 4.79 Å². The lowest BCUT2D eigenvalue weighted by molar-refractivity contribution is -0.141. The first-order valence-electron chi connectivity index (χ1n) is 9.08. The van der Waals surface area contributed by atoms with Gasteiger partial charge in [0.05, 0.1) is 18.7 Å². The second-order valence-electron chi connectivity index (χ2n) is 7.48. The van der Waals surface area contributed by atoms with Crippen LogP contribution in [-0.2, 0) is 16.6 Å². The molecular formula is C18H30N4O2. The van der Waals surface area contributed by atoms with Crippen LogP contribution in [0.4, 0.5) is 0 Å². The van der Waals surface area contributed by atoms with E-state index in [1.165, 1.54) is 18.4 Å². The molecule has 6 nitrogen and oxygen atoms in total. The predicted molar refractivity (Wildman–Crippen MR) is 92.5 cm³/mol. The van der Waals surface area contributed by atoms with Gasteiger partial charge < -0.3 is 9.64 Å². The Bertz CT molecular complexity index is 559. The summed E-state index contributed by atoms with van der Waals surface area (Å²) in [6, 6.07) is 0.436. The normalized spacial score (nSPS) is 28.5. The molecule has 0 N–H and O–H groups in total. The Morgan fingerprint density at radius 3 is 2.88 bits per heavy atom. The molecule has 0 spiro atoms. The molecule has 24 heavy (non-hydrogen) atoms. The summed E-state index contributed by atoms with van der Waals surface area (Å²) in [5, 5.41) is 4.36. The van der Waals surface area contributed by atoms with E-state index in [-0.39, 0.29) is 11.9 Å². The molecular weight excluding hydrogens is 304 g/mol. The maximum Gasteiger partial charge on any atom is 0.309 e. The minimum Gasteiger partial charge on any atom is -0.465 e. The molecule has 6 heteroatoms. The summed E-state index contributed by atoms with van der Waals surface area (Å²) in [5.41, 5.74) is 1.32. The van der Waals surface area contributed by atoms with Gasteiger partial charge in [0, 0.05) is 31.4 Å². The third kappa shape index (κ3) is 3.98. The largest absolute Gasteiger partial charge is 0.465 e. The van der Waals surface area contributed by atoms with Crippen LogP contribution < -0.4 is 0 Å². The summed E-state index contributed by atoms with van der Waals surface area (Å²) in [7, 11) is 6.38. The monoisotopic (exact) mass is 334 g/mol. The minimum atomic E-state index is -0.00552. The topological polar surface area (TPSA) is 50.6 Å². The molecule has 2 saturated heterocycles. The lowest BCUT2D eigenvalue weighted by Crippen LogP contribution is -2.41. The van der Waals surface area contributed by atoms with E-state index < -0.39 is 0 Å². The summed E-state index contributed by atoms with van der Waals surface area (Å²) < 4.78 is 6.96. The van der Waals surface area contributed by atoms with Gasteiger partial charge >= 0.3 is 5.97 Å². The number of carbonyl (C=O) groups is 1. The van der Waals surface area contributed by atoms with Crippen LogP contribution in [0, 0.1) is 11.8 Å². The van der Waals surface area contributed by atoms with Gasteiger partial charge in [-0.25, -0.2) is 0 Å². The fourth-order valence-electron chi connectivity index (χ4n) is 4.24. The van der Waals surface area contributed by atoms with Crippen molar-refractivity contribution in [1.82, 2.24) is 19.6 Å². The van der Waals surface area contributed by atoms with Crippen molar-refractivity contribution in [3.05, 3.63) is 18.0 Å². The zero-order valence-corrected chi connectivity index (χ0v) is 15.1. The summed E-state index contributed by atoms with van der Waals surface area (Å²) in [4.78, 5) is 16.5. The van der Waals surface area contributed by atoms with E-state index in [2.05, 4.69) is 35.2 Å². The highest BCUT2D eigenvalue weighted by Crippen LogP contribution is 2.35. The van der Waals surface area contributed by atoms with Crippen LogP contribution in [0.5, 0.6) is 0 Å². The average molecular weight is 334 g/mol. The number of piperidine rings is 1. The van der Waals surface area contributed by atoms with E-state index in [0.29, 0.717) is 18.6 Å². The lowest BCUT2D eigenvalue weighted by Gasteiger charge is -2.40. The number of hydrogen-bond donors (Lipinski definition) is 0. The summed E-state index contributed by atoms with van der Waals surface area (Å²) in [6.45, 7) is 3.77. The van der Waals surface area contributed by atoms with Gasteiger partial charge in [-0.05, 0) is 58.8 Å². The summed E-state index contributed by atoms with van der Waals surface area (Å²) in [5.74, 6) is 0.707. The molecule has 3 heterocycles. The average Bonchev–Trinajstić information content (AvgIpc) is 3.14. The molecule has 0 amide bonds.